The average molecular weight is 366 g/mol. The lowest BCUT2D eigenvalue weighted by Gasteiger charge is -2.20. The van der Waals surface area contributed by atoms with Crippen molar-refractivity contribution >= 4 is 32.6 Å². The van der Waals surface area contributed by atoms with E-state index in [4.69, 9.17) is 0 Å². The molecule has 0 spiro atoms. The number of hydrogen-bond donors (Lipinski definition) is 1. The van der Waals surface area contributed by atoms with Crippen molar-refractivity contribution < 1.29 is 5.11 Å². The van der Waals surface area contributed by atoms with Crippen LogP contribution in [0.15, 0.2) is 72.9 Å². The number of aromatic hydroxyl groups is 1. The van der Waals surface area contributed by atoms with Crippen LogP contribution in [-0.4, -0.2) is 14.7 Å². The lowest BCUT2D eigenvalue weighted by Crippen LogP contribution is -2.12. The molecule has 0 saturated carbocycles. The fourth-order valence-corrected chi connectivity index (χ4v) is 3.95. The van der Waals surface area contributed by atoms with Gasteiger partial charge < -0.3 is 5.11 Å². The first-order valence-corrected chi connectivity index (χ1v) is 9.55. The van der Waals surface area contributed by atoms with Crippen molar-refractivity contribution in [2.24, 2.45) is 0 Å². The predicted octanol–water partition coefficient (Wildman–Crippen LogP) is 6.34. The normalized spacial score (nSPS) is 12.2. The number of nitrogens with zero attached hydrogens (tertiary/aromatic N) is 2. The Morgan fingerprint density at radius 2 is 1.50 bits per heavy atom. The average Bonchev–Trinajstić information content (AvgIpc) is 2.98. The maximum atomic E-state index is 10.2. The molecule has 0 unspecified atom stereocenters. The number of fused-ring (bicyclic) bond motifs is 4. The van der Waals surface area contributed by atoms with Crippen LogP contribution in [0.3, 0.4) is 0 Å². The molecule has 0 aliphatic carbocycles. The molecule has 0 fully saturated rings. The summed E-state index contributed by atoms with van der Waals surface area (Å²) in [7, 11) is 0. The minimum atomic E-state index is 0.0330. The molecule has 3 nitrogen and oxygen atoms in total. The first-order chi connectivity index (χ1) is 13.4. The molecule has 0 saturated heterocycles. The van der Waals surface area contributed by atoms with E-state index in [-0.39, 0.29) is 11.2 Å². The third-order valence-corrected chi connectivity index (χ3v) is 5.46. The topological polar surface area (TPSA) is 38.0 Å². The zero-order chi connectivity index (χ0) is 19.5. The van der Waals surface area contributed by atoms with Crippen molar-refractivity contribution in [2.45, 2.75) is 26.2 Å². The van der Waals surface area contributed by atoms with E-state index in [9.17, 15) is 5.11 Å². The summed E-state index contributed by atoms with van der Waals surface area (Å²) in [5.74, 6) is 1.13. The molecule has 0 atom stereocenters. The number of hydrogen-bond acceptors (Lipinski definition) is 2. The van der Waals surface area contributed by atoms with Crippen LogP contribution in [0.2, 0.25) is 0 Å². The molecule has 138 valence electrons. The number of aromatic nitrogens is 2. The molecule has 0 bridgehead atoms. The molecule has 0 amide bonds. The molecule has 5 rings (SSSR count). The van der Waals surface area contributed by atoms with Gasteiger partial charge in [0.05, 0.1) is 11.0 Å². The molecule has 1 N–H and O–H groups in total. The highest BCUT2D eigenvalue weighted by atomic mass is 16.3. The second kappa shape index (κ2) is 5.83. The summed E-state index contributed by atoms with van der Waals surface area (Å²) >= 11 is 0. The number of pyridine rings is 1. The number of phenolic OH excluding ortho intramolecular Hbond substituents is 1. The van der Waals surface area contributed by atoms with Crippen LogP contribution in [0.25, 0.3) is 38.4 Å². The van der Waals surface area contributed by atoms with Gasteiger partial charge in [-0.25, -0.2) is 4.98 Å². The number of phenols is 1. The fraction of sp³-hybridized carbons (Fsp3) is 0.160. The van der Waals surface area contributed by atoms with Gasteiger partial charge in [0.25, 0.3) is 0 Å². The molecule has 0 aliphatic rings. The van der Waals surface area contributed by atoms with Gasteiger partial charge in [0, 0.05) is 23.0 Å². The van der Waals surface area contributed by atoms with Gasteiger partial charge in [-0.3, -0.25) is 4.57 Å². The van der Waals surface area contributed by atoms with Crippen molar-refractivity contribution in [3.8, 4) is 11.6 Å². The van der Waals surface area contributed by atoms with Crippen LogP contribution < -0.4 is 0 Å². The van der Waals surface area contributed by atoms with E-state index < -0.39 is 0 Å². The van der Waals surface area contributed by atoms with Crippen molar-refractivity contribution in [1.82, 2.24) is 9.55 Å². The van der Waals surface area contributed by atoms with Gasteiger partial charge in [0.1, 0.15) is 11.6 Å². The lowest BCUT2D eigenvalue weighted by atomic mass is 9.88. The van der Waals surface area contributed by atoms with E-state index in [0.717, 1.165) is 27.6 Å². The molecule has 28 heavy (non-hydrogen) atoms. The third-order valence-electron chi connectivity index (χ3n) is 5.46. The monoisotopic (exact) mass is 366 g/mol. The summed E-state index contributed by atoms with van der Waals surface area (Å²) in [6, 6.07) is 22.6. The van der Waals surface area contributed by atoms with E-state index in [1.165, 1.54) is 16.3 Å². The van der Waals surface area contributed by atoms with Gasteiger partial charge in [-0.05, 0) is 58.1 Å². The van der Waals surface area contributed by atoms with Gasteiger partial charge in [-0.2, -0.15) is 0 Å². The summed E-state index contributed by atoms with van der Waals surface area (Å²) in [5, 5.41) is 14.8. The molecule has 0 radical (unpaired) electrons. The first-order valence-electron chi connectivity index (χ1n) is 9.55. The maximum Gasteiger partial charge on any atom is 0.137 e. The Balaban J connectivity index is 1.93. The Morgan fingerprint density at radius 1 is 0.786 bits per heavy atom. The quantitative estimate of drug-likeness (QED) is 0.376. The summed E-state index contributed by atoms with van der Waals surface area (Å²) in [6.45, 7) is 6.62. The molecule has 2 heterocycles. The van der Waals surface area contributed by atoms with Crippen molar-refractivity contribution in [3.63, 3.8) is 0 Å². The number of rotatable bonds is 1. The molecule has 3 aromatic carbocycles. The van der Waals surface area contributed by atoms with E-state index in [1.807, 2.05) is 18.3 Å². The smallest absolute Gasteiger partial charge is 0.137 e. The Labute approximate surface area is 163 Å². The van der Waals surface area contributed by atoms with E-state index in [1.54, 1.807) is 6.07 Å². The van der Waals surface area contributed by atoms with Crippen LogP contribution in [0.1, 0.15) is 26.3 Å². The highest BCUT2D eigenvalue weighted by Gasteiger charge is 2.18. The molecule has 5 aromatic rings. The van der Waals surface area contributed by atoms with Crippen LogP contribution in [-0.2, 0) is 5.41 Å². The van der Waals surface area contributed by atoms with Crippen molar-refractivity contribution in [3.05, 3.63) is 78.5 Å². The highest BCUT2D eigenvalue weighted by molar-refractivity contribution is 6.13. The van der Waals surface area contributed by atoms with Gasteiger partial charge in [0.15, 0.2) is 0 Å². The second-order valence-corrected chi connectivity index (χ2v) is 8.41. The van der Waals surface area contributed by atoms with Gasteiger partial charge in [-0.15, -0.1) is 0 Å². The highest BCUT2D eigenvalue weighted by Crippen LogP contribution is 2.36. The second-order valence-electron chi connectivity index (χ2n) is 8.41. The molecular formula is C25H22N2O. The minimum absolute atomic E-state index is 0.0330. The Kier molecular flexibility index (Phi) is 3.50. The zero-order valence-electron chi connectivity index (χ0n) is 16.3. The zero-order valence-corrected chi connectivity index (χ0v) is 16.3. The SMILES string of the molecule is CC(C)(C)c1ccnc(-n2c3cc(O)ccc3c3cc4ccccc4cc32)c1. The van der Waals surface area contributed by atoms with E-state index >= 15 is 0 Å². The summed E-state index contributed by atoms with van der Waals surface area (Å²) in [4.78, 5) is 4.69. The Bertz CT molecular complexity index is 1360. The minimum Gasteiger partial charge on any atom is -0.508 e. The standard InChI is InChI=1S/C25H22N2O/c1-25(2,3)18-10-11-26-24(14-18)27-22-13-17-7-5-4-6-16(17)12-21(22)20-9-8-19(28)15-23(20)27/h4-15,28H,1-3H3. The summed E-state index contributed by atoms with van der Waals surface area (Å²) < 4.78 is 2.16. The van der Waals surface area contributed by atoms with Gasteiger partial charge >= 0.3 is 0 Å². The largest absolute Gasteiger partial charge is 0.508 e. The maximum absolute atomic E-state index is 10.2. The van der Waals surface area contributed by atoms with Crippen LogP contribution in [0.4, 0.5) is 0 Å². The lowest BCUT2D eigenvalue weighted by molar-refractivity contribution is 0.476. The summed E-state index contributed by atoms with van der Waals surface area (Å²) in [5.41, 5.74) is 3.32. The van der Waals surface area contributed by atoms with Crippen molar-refractivity contribution in [2.75, 3.05) is 0 Å². The summed E-state index contributed by atoms with van der Waals surface area (Å²) in [6.07, 6.45) is 1.87. The van der Waals surface area contributed by atoms with Crippen molar-refractivity contribution in [1.29, 1.82) is 0 Å². The van der Waals surface area contributed by atoms with E-state index in [2.05, 4.69) is 78.9 Å². The van der Waals surface area contributed by atoms with E-state index in [0.29, 0.717) is 0 Å². The van der Waals surface area contributed by atoms with Gasteiger partial charge in [0.2, 0.25) is 0 Å². The predicted molar refractivity (Wildman–Crippen MR) is 116 cm³/mol. The van der Waals surface area contributed by atoms with Crippen LogP contribution >= 0.6 is 0 Å². The van der Waals surface area contributed by atoms with Gasteiger partial charge in [-0.1, -0.05) is 45.0 Å². The molecule has 2 aromatic heterocycles. The molecular weight excluding hydrogens is 344 g/mol. The van der Waals surface area contributed by atoms with Crippen LogP contribution in [0, 0.1) is 0 Å². The Hall–Kier alpha value is -3.33. The third kappa shape index (κ3) is 2.55. The number of benzene rings is 3. The Morgan fingerprint density at radius 3 is 2.25 bits per heavy atom. The fourth-order valence-electron chi connectivity index (χ4n) is 3.95. The molecule has 3 heteroatoms. The van der Waals surface area contributed by atoms with Crippen LogP contribution in [0.5, 0.6) is 5.75 Å². The first kappa shape index (κ1) is 16.8. The molecule has 0 aliphatic heterocycles.